The van der Waals surface area contributed by atoms with Gasteiger partial charge in [-0.3, -0.25) is 4.98 Å². The number of allylic oxidation sites excluding steroid dienone is 1. The molecule has 2 heterocycles. The summed E-state index contributed by atoms with van der Waals surface area (Å²) in [6, 6.07) is 10.0. The van der Waals surface area contributed by atoms with Crippen LogP contribution in [0.5, 0.6) is 0 Å². The molecule has 1 fully saturated rings. The van der Waals surface area contributed by atoms with Crippen LogP contribution in [0.25, 0.3) is 11.3 Å². The van der Waals surface area contributed by atoms with Gasteiger partial charge in [0.2, 0.25) is 6.29 Å². The van der Waals surface area contributed by atoms with E-state index in [-0.39, 0.29) is 5.82 Å². The summed E-state index contributed by atoms with van der Waals surface area (Å²) in [7, 11) is 0. The minimum Gasteiger partial charge on any atom is -0.341 e. The van der Waals surface area contributed by atoms with Gasteiger partial charge in [0, 0.05) is 23.2 Å². The van der Waals surface area contributed by atoms with Crippen LogP contribution in [-0.4, -0.2) is 24.5 Å². The summed E-state index contributed by atoms with van der Waals surface area (Å²) in [5, 5.41) is 0. The maximum absolute atomic E-state index is 13.0. The Morgan fingerprint density at radius 3 is 2.58 bits per heavy atom. The molecule has 0 unspecified atom stereocenters. The van der Waals surface area contributed by atoms with Gasteiger partial charge in [-0.25, -0.2) is 4.39 Å². The maximum atomic E-state index is 13.0. The lowest BCUT2D eigenvalue weighted by molar-refractivity contribution is -0.160. The zero-order chi connectivity index (χ0) is 18.2. The molecular formula is C22H22FNO2. The van der Waals surface area contributed by atoms with E-state index in [1.165, 1.54) is 12.1 Å². The fourth-order valence-electron chi connectivity index (χ4n) is 2.57. The Bertz CT molecular complexity index is 780. The van der Waals surface area contributed by atoms with Gasteiger partial charge in [-0.2, -0.15) is 0 Å². The SMILES string of the molecule is CCC/C=C/[C@H]1CO[C@H](C#Cc2ccc(-c3ccc(F)cc3)nc2)OC1. The predicted molar refractivity (Wildman–Crippen MR) is 99.7 cm³/mol. The fourth-order valence-corrected chi connectivity index (χ4v) is 2.57. The van der Waals surface area contributed by atoms with Gasteiger partial charge < -0.3 is 9.47 Å². The number of hydrogen-bond acceptors (Lipinski definition) is 3. The average molecular weight is 351 g/mol. The van der Waals surface area contributed by atoms with Gasteiger partial charge in [0.15, 0.2) is 0 Å². The van der Waals surface area contributed by atoms with Crippen molar-refractivity contribution >= 4 is 0 Å². The number of hydrogen-bond donors (Lipinski definition) is 0. The number of halogens is 1. The summed E-state index contributed by atoms with van der Waals surface area (Å²) in [4.78, 5) is 4.38. The van der Waals surface area contributed by atoms with Gasteiger partial charge in [-0.15, -0.1) is 0 Å². The van der Waals surface area contributed by atoms with E-state index < -0.39 is 6.29 Å². The van der Waals surface area contributed by atoms with Crippen LogP contribution in [0.3, 0.4) is 0 Å². The summed E-state index contributed by atoms with van der Waals surface area (Å²) in [6.07, 6.45) is 7.77. The maximum Gasteiger partial charge on any atom is 0.222 e. The highest BCUT2D eigenvalue weighted by Gasteiger charge is 2.18. The number of nitrogens with zero attached hydrogens (tertiary/aromatic N) is 1. The summed E-state index contributed by atoms with van der Waals surface area (Å²) in [5.41, 5.74) is 2.43. The molecule has 0 saturated carbocycles. The highest BCUT2D eigenvalue weighted by Crippen LogP contribution is 2.17. The van der Waals surface area contributed by atoms with Gasteiger partial charge in [-0.05, 0) is 48.7 Å². The normalized spacial score (nSPS) is 19.9. The summed E-state index contributed by atoms with van der Waals surface area (Å²) in [6.45, 7) is 3.41. The molecule has 1 saturated heterocycles. The van der Waals surface area contributed by atoms with E-state index in [1.54, 1.807) is 18.3 Å². The molecule has 0 bridgehead atoms. The Labute approximate surface area is 153 Å². The first-order valence-electron chi connectivity index (χ1n) is 8.88. The summed E-state index contributed by atoms with van der Waals surface area (Å²) in [5.74, 6) is 6.06. The molecule has 1 aromatic carbocycles. The molecule has 134 valence electrons. The second-order valence-electron chi connectivity index (χ2n) is 6.18. The zero-order valence-corrected chi connectivity index (χ0v) is 14.8. The van der Waals surface area contributed by atoms with Gasteiger partial charge in [0.1, 0.15) is 5.82 Å². The van der Waals surface area contributed by atoms with Crippen LogP contribution in [0.1, 0.15) is 25.3 Å². The molecule has 0 spiro atoms. The van der Waals surface area contributed by atoms with Gasteiger partial charge >= 0.3 is 0 Å². The third kappa shape index (κ3) is 5.26. The second-order valence-corrected chi connectivity index (χ2v) is 6.18. The molecule has 0 amide bonds. The minimum atomic E-state index is -0.498. The third-order valence-corrected chi connectivity index (χ3v) is 4.02. The molecule has 0 radical (unpaired) electrons. The van der Waals surface area contributed by atoms with Crippen LogP contribution in [0.4, 0.5) is 4.39 Å². The highest BCUT2D eigenvalue weighted by molar-refractivity contribution is 5.59. The van der Waals surface area contributed by atoms with Crippen LogP contribution in [-0.2, 0) is 9.47 Å². The van der Waals surface area contributed by atoms with Gasteiger partial charge in [0.05, 0.1) is 18.9 Å². The smallest absolute Gasteiger partial charge is 0.222 e. The number of unbranched alkanes of at least 4 members (excludes halogenated alkanes) is 1. The molecular weight excluding hydrogens is 329 g/mol. The van der Waals surface area contributed by atoms with Crippen LogP contribution < -0.4 is 0 Å². The Morgan fingerprint density at radius 2 is 1.92 bits per heavy atom. The van der Waals surface area contributed by atoms with Crippen LogP contribution in [0.15, 0.2) is 54.7 Å². The first kappa shape index (κ1) is 18.3. The van der Waals surface area contributed by atoms with Gasteiger partial charge in [-0.1, -0.05) is 31.4 Å². The van der Waals surface area contributed by atoms with Crippen molar-refractivity contribution in [3.8, 4) is 23.1 Å². The van der Waals surface area contributed by atoms with Crippen molar-refractivity contribution in [2.24, 2.45) is 5.92 Å². The second kappa shape index (κ2) is 9.28. The van der Waals surface area contributed by atoms with Crippen molar-refractivity contribution in [3.63, 3.8) is 0 Å². The van der Waals surface area contributed by atoms with E-state index in [1.807, 2.05) is 12.1 Å². The topological polar surface area (TPSA) is 31.4 Å². The predicted octanol–water partition coefficient (Wildman–Crippen LogP) is 4.58. The summed E-state index contributed by atoms with van der Waals surface area (Å²) >= 11 is 0. The number of rotatable bonds is 4. The molecule has 0 N–H and O–H groups in total. The Hall–Kier alpha value is -2.48. The zero-order valence-electron chi connectivity index (χ0n) is 14.8. The van der Waals surface area contributed by atoms with Crippen molar-refractivity contribution in [2.75, 3.05) is 13.2 Å². The van der Waals surface area contributed by atoms with Crippen LogP contribution in [0, 0.1) is 23.6 Å². The molecule has 1 aromatic heterocycles. The standard InChI is InChI=1S/C22H22FNO2/c1-2-3-4-5-18-15-25-22(26-16-18)13-7-17-6-12-21(24-14-17)19-8-10-20(23)11-9-19/h4-6,8-12,14,18,22H,2-3,15-16H2,1H3/b5-4+/t18-,22-. The molecule has 4 heteroatoms. The van der Waals surface area contributed by atoms with Crippen molar-refractivity contribution in [1.82, 2.24) is 4.98 Å². The quantitative estimate of drug-likeness (QED) is 0.597. The largest absolute Gasteiger partial charge is 0.341 e. The van der Waals surface area contributed by atoms with E-state index in [0.29, 0.717) is 19.1 Å². The summed E-state index contributed by atoms with van der Waals surface area (Å²) < 4.78 is 24.3. The fraction of sp³-hybridized carbons (Fsp3) is 0.318. The number of aromatic nitrogens is 1. The number of benzene rings is 1. The van der Waals surface area contributed by atoms with Gasteiger partial charge in [0.25, 0.3) is 0 Å². The van der Waals surface area contributed by atoms with E-state index in [4.69, 9.17) is 9.47 Å². The van der Waals surface area contributed by atoms with Crippen molar-refractivity contribution in [3.05, 3.63) is 66.1 Å². The molecule has 1 aliphatic heterocycles. The lowest BCUT2D eigenvalue weighted by atomic mass is 10.1. The number of pyridine rings is 1. The molecule has 2 aromatic rings. The molecule has 0 atom stereocenters. The highest BCUT2D eigenvalue weighted by atomic mass is 19.1. The lowest BCUT2D eigenvalue weighted by Crippen LogP contribution is -2.30. The Kier molecular flexibility index (Phi) is 6.54. The minimum absolute atomic E-state index is 0.258. The third-order valence-electron chi connectivity index (χ3n) is 4.02. The molecule has 3 rings (SSSR count). The Balaban J connectivity index is 1.55. The first-order valence-corrected chi connectivity index (χ1v) is 8.88. The van der Waals surface area contributed by atoms with E-state index >= 15 is 0 Å². The molecule has 0 aliphatic carbocycles. The molecule has 3 nitrogen and oxygen atoms in total. The van der Waals surface area contributed by atoms with E-state index in [0.717, 1.165) is 29.7 Å². The molecule has 26 heavy (non-hydrogen) atoms. The van der Waals surface area contributed by atoms with E-state index in [9.17, 15) is 4.39 Å². The van der Waals surface area contributed by atoms with E-state index in [2.05, 4.69) is 35.9 Å². The molecule has 1 aliphatic rings. The Morgan fingerprint density at radius 1 is 1.15 bits per heavy atom. The van der Waals surface area contributed by atoms with Crippen molar-refractivity contribution in [2.45, 2.75) is 26.1 Å². The van der Waals surface area contributed by atoms with Crippen molar-refractivity contribution in [1.29, 1.82) is 0 Å². The average Bonchev–Trinajstić information content (AvgIpc) is 2.69. The van der Waals surface area contributed by atoms with Crippen LogP contribution in [0.2, 0.25) is 0 Å². The first-order chi connectivity index (χ1) is 12.7. The van der Waals surface area contributed by atoms with Crippen LogP contribution >= 0.6 is 0 Å². The number of ether oxygens (including phenoxy) is 2. The monoisotopic (exact) mass is 351 g/mol. The van der Waals surface area contributed by atoms with Crippen molar-refractivity contribution < 1.29 is 13.9 Å². The lowest BCUT2D eigenvalue weighted by Gasteiger charge is -2.24.